The van der Waals surface area contributed by atoms with Crippen molar-refractivity contribution in [2.24, 2.45) is 0 Å². The van der Waals surface area contributed by atoms with Gasteiger partial charge >= 0.3 is 0 Å². The number of carbonyl (C=O) groups is 1. The van der Waals surface area contributed by atoms with Crippen molar-refractivity contribution >= 4 is 33.3 Å². The molecule has 19 heavy (non-hydrogen) atoms. The zero-order valence-electron chi connectivity index (χ0n) is 10.7. The van der Waals surface area contributed by atoms with Crippen molar-refractivity contribution in [2.45, 2.75) is 13.8 Å². The molecule has 2 rings (SSSR count). The maximum atomic E-state index is 12.3. The Morgan fingerprint density at radius 1 is 1.37 bits per heavy atom. The Kier molecular flexibility index (Phi) is 3.85. The number of nitrogens with two attached hydrogens (primary N) is 1. The Labute approximate surface area is 120 Å². The number of anilines is 2. The lowest BCUT2D eigenvalue weighted by Gasteiger charge is -2.11. The first-order chi connectivity index (χ1) is 8.99. The molecule has 1 heterocycles. The number of nitrogens with zero attached hydrogens (tertiary/aromatic N) is 1. The lowest BCUT2D eigenvalue weighted by molar-refractivity contribution is 0.102. The van der Waals surface area contributed by atoms with E-state index in [0.29, 0.717) is 17.1 Å². The molecule has 0 saturated carbocycles. The number of amides is 1. The summed E-state index contributed by atoms with van der Waals surface area (Å²) in [5, 5.41) is 2.80. The Morgan fingerprint density at radius 2 is 2.11 bits per heavy atom. The molecule has 0 fully saturated rings. The summed E-state index contributed by atoms with van der Waals surface area (Å²) in [7, 11) is 0. The van der Waals surface area contributed by atoms with Crippen LogP contribution in [0.15, 0.2) is 34.9 Å². The minimum absolute atomic E-state index is 0.215. The van der Waals surface area contributed by atoms with Crippen LogP contribution in [0.4, 0.5) is 11.5 Å². The molecule has 0 unspecified atom stereocenters. The average molecular weight is 320 g/mol. The molecule has 0 spiro atoms. The number of hydrogen-bond donors (Lipinski definition) is 2. The standard InChI is InChI=1S/C14H14BrN3O/c1-8-4-3-5-17-13(8)18-14(19)11-6-10(15)7-12(16)9(11)2/h3-7H,16H2,1-2H3,(H,17,18,19). The van der Waals surface area contributed by atoms with Crippen molar-refractivity contribution in [1.82, 2.24) is 4.98 Å². The Balaban J connectivity index is 2.33. The summed E-state index contributed by atoms with van der Waals surface area (Å²) in [5.41, 5.74) is 8.65. The van der Waals surface area contributed by atoms with Gasteiger partial charge in [0.2, 0.25) is 0 Å². The van der Waals surface area contributed by atoms with E-state index in [-0.39, 0.29) is 5.91 Å². The molecule has 0 atom stereocenters. The highest BCUT2D eigenvalue weighted by atomic mass is 79.9. The molecule has 0 bridgehead atoms. The molecule has 98 valence electrons. The second-order valence-electron chi connectivity index (χ2n) is 4.29. The third kappa shape index (κ3) is 2.93. The molecule has 2 aromatic rings. The summed E-state index contributed by atoms with van der Waals surface area (Å²) in [4.78, 5) is 16.4. The first kappa shape index (κ1) is 13.5. The molecule has 0 aliphatic heterocycles. The van der Waals surface area contributed by atoms with Gasteiger partial charge in [0.05, 0.1) is 0 Å². The Hall–Kier alpha value is -1.88. The van der Waals surface area contributed by atoms with Gasteiger partial charge in [0.25, 0.3) is 5.91 Å². The van der Waals surface area contributed by atoms with E-state index >= 15 is 0 Å². The second-order valence-corrected chi connectivity index (χ2v) is 5.21. The number of nitrogens with one attached hydrogen (secondary N) is 1. The molecule has 1 aromatic heterocycles. The highest BCUT2D eigenvalue weighted by Gasteiger charge is 2.13. The highest BCUT2D eigenvalue weighted by molar-refractivity contribution is 9.10. The zero-order valence-corrected chi connectivity index (χ0v) is 12.3. The molecule has 0 saturated heterocycles. The van der Waals surface area contributed by atoms with E-state index in [1.807, 2.05) is 26.0 Å². The molecule has 3 N–H and O–H groups in total. The zero-order chi connectivity index (χ0) is 14.0. The number of aromatic nitrogens is 1. The van der Waals surface area contributed by atoms with Crippen molar-refractivity contribution < 1.29 is 4.79 Å². The van der Waals surface area contributed by atoms with Crippen LogP contribution in [0.2, 0.25) is 0 Å². The van der Waals surface area contributed by atoms with Crippen molar-refractivity contribution in [3.63, 3.8) is 0 Å². The van der Waals surface area contributed by atoms with E-state index in [1.54, 1.807) is 18.3 Å². The van der Waals surface area contributed by atoms with Crippen molar-refractivity contribution in [3.05, 3.63) is 51.6 Å². The maximum Gasteiger partial charge on any atom is 0.257 e. The van der Waals surface area contributed by atoms with E-state index in [4.69, 9.17) is 5.73 Å². The van der Waals surface area contributed by atoms with Gasteiger partial charge in [-0.25, -0.2) is 4.98 Å². The SMILES string of the molecule is Cc1cccnc1NC(=O)c1cc(Br)cc(N)c1C. The van der Waals surface area contributed by atoms with Gasteiger partial charge in [-0.15, -0.1) is 0 Å². The van der Waals surface area contributed by atoms with Crippen LogP contribution in [0, 0.1) is 13.8 Å². The number of aryl methyl sites for hydroxylation is 1. The molecule has 5 heteroatoms. The number of rotatable bonds is 2. The van der Waals surface area contributed by atoms with Gasteiger partial charge in [-0.1, -0.05) is 22.0 Å². The number of carbonyl (C=O) groups excluding carboxylic acids is 1. The Morgan fingerprint density at radius 3 is 2.79 bits per heavy atom. The molecular formula is C14H14BrN3O. The van der Waals surface area contributed by atoms with Crippen LogP contribution in [0.3, 0.4) is 0 Å². The molecule has 0 aliphatic rings. The summed E-state index contributed by atoms with van der Waals surface area (Å²) in [6.45, 7) is 3.71. The van der Waals surface area contributed by atoms with Crippen LogP contribution < -0.4 is 11.1 Å². The van der Waals surface area contributed by atoms with Crippen LogP contribution >= 0.6 is 15.9 Å². The van der Waals surface area contributed by atoms with E-state index in [0.717, 1.165) is 15.6 Å². The summed E-state index contributed by atoms with van der Waals surface area (Å²) in [6.07, 6.45) is 1.64. The summed E-state index contributed by atoms with van der Waals surface area (Å²) < 4.78 is 0.776. The maximum absolute atomic E-state index is 12.3. The normalized spacial score (nSPS) is 10.3. The van der Waals surface area contributed by atoms with E-state index < -0.39 is 0 Å². The van der Waals surface area contributed by atoms with Crippen LogP contribution in [-0.4, -0.2) is 10.9 Å². The smallest absolute Gasteiger partial charge is 0.257 e. The van der Waals surface area contributed by atoms with Crippen LogP contribution in [-0.2, 0) is 0 Å². The molecule has 0 aliphatic carbocycles. The largest absolute Gasteiger partial charge is 0.398 e. The molecule has 1 aromatic carbocycles. The minimum Gasteiger partial charge on any atom is -0.398 e. The third-order valence-corrected chi connectivity index (χ3v) is 3.36. The fourth-order valence-corrected chi connectivity index (χ4v) is 2.20. The number of hydrogen-bond acceptors (Lipinski definition) is 3. The van der Waals surface area contributed by atoms with Crippen molar-refractivity contribution in [1.29, 1.82) is 0 Å². The van der Waals surface area contributed by atoms with E-state index in [1.165, 1.54) is 0 Å². The van der Waals surface area contributed by atoms with Crippen LogP contribution in [0.25, 0.3) is 0 Å². The number of benzene rings is 1. The highest BCUT2D eigenvalue weighted by Crippen LogP contribution is 2.23. The quantitative estimate of drug-likeness (QED) is 0.834. The van der Waals surface area contributed by atoms with Gasteiger partial charge < -0.3 is 11.1 Å². The first-order valence-corrected chi connectivity index (χ1v) is 6.57. The van der Waals surface area contributed by atoms with Gasteiger partial charge in [-0.3, -0.25) is 4.79 Å². The minimum atomic E-state index is -0.215. The number of halogens is 1. The molecular weight excluding hydrogens is 306 g/mol. The second kappa shape index (κ2) is 5.40. The van der Waals surface area contributed by atoms with Gasteiger partial charge in [0.15, 0.2) is 0 Å². The van der Waals surface area contributed by atoms with Gasteiger partial charge in [0.1, 0.15) is 5.82 Å². The predicted molar refractivity (Wildman–Crippen MR) is 80.2 cm³/mol. The first-order valence-electron chi connectivity index (χ1n) is 5.77. The van der Waals surface area contributed by atoms with Gasteiger partial charge in [-0.2, -0.15) is 0 Å². The lowest BCUT2D eigenvalue weighted by atomic mass is 10.1. The summed E-state index contributed by atoms with van der Waals surface area (Å²) in [6, 6.07) is 7.25. The van der Waals surface area contributed by atoms with Crippen molar-refractivity contribution in [2.75, 3.05) is 11.1 Å². The average Bonchev–Trinajstić information content (AvgIpc) is 2.36. The van der Waals surface area contributed by atoms with E-state index in [9.17, 15) is 4.79 Å². The number of pyridine rings is 1. The van der Waals surface area contributed by atoms with Crippen molar-refractivity contribution in [3.8, 4) is 0 Å². The van der Waals surface area contributed by atoms with Crippen LogP contribution in [0.5, 0.6) is 0 Å². The van der Waals surface area contributed by atoms with E-state index in [2.05, 4.69) is 26.2 Å². The third-order valence-electron chi connectivity index (χ3n) is 2.90. The van der Waals surface area contributed by atoms with Gasteiger partial charge in [0, 0.05) is 21.9 Å². The predicted octanol–water partition coefficient (Wildman–Crippen LogP) is 3.30. The molecule has 0 radical (unpaired) electrons. The molecule has 1 amide bonds. The lowest BCUT2D eigenvalue weighted by Crippen LogP contribution is -2.16. The fraction of sp³-hybridized carbons (Fsp3) is 0.143. The van der Waals surface area contributed by atoms with Gasteiger partial charge in [-0.05, 0) is 43.2 Å². The Bertz CT molecular complexity index is 641. The number of nitrogen functional groups attached to an aromatic ring is 1. The van der Waals surface area contributed by atoms with Crippen LogP contribution in [0.1, 0.15) is 21.5 Å². The topological polar surface area (TPSA) is 68.0 Å². The molecule has 4 nitrogen and oxygen atoms in total. The summed E-state index contributed by atoms with van der Waals surface area (Å²) >= 11 is 3.34. The summed E-state index contributed by atoms with van der Waals surface area (Å²) in [5.74, 6) is 0.345. The monoisotopic (exact) mass is 319 g/mol. The fourth-order valence-electron chi connectivity index (χ4n) is 1.73.